The zero-order valence-corrected chi connectivity index (χ0v) is 18.8. The predicted octanol–water partition coefficient (Wildman–Crippen LogP) is 4.84. The van der Waals surface area contributed by atoms with Crippen molar-refractivity contribution >= 4 is 33.8 Å². The summed E-state index contributed by atoms with van der Waals surface area (Å²) in [7, 11) is 0. The molecule has 4 heterocycles. The number of nitrogens with zero attached hydrogens (tertiary/aromatic N) is 4. The van der Waals surface area contributed by atoms with Gasteiger partial charge in [0.2, 0.25) is 0 Å². The van der Waals surface area contributed by atoms with E-state index < -0.39 is 5.60 Å². The molecule has 5 aromatic rings. The Morgan fingerprint density at radius 3 is 2.76 bits per heavy atom. The second kappa shape index (κ2) is 8.27. The van der Waals surface area contributed by atoms with Gasteiger partial charge in [0.05, 0.1) is 30.2 Å². The number of pyridine rings is 1. The Morgan fingerprint density at radius 1 is 1.21 bits per heavy atom. The first-order valence-corrected chi connectivity index (χ1v) is 11.2. The van der Waals surface area contributed by atoms with Gasteiger partial charge in [0.25, 0.3) is 5.91 Å². The Morgan fingerprint density at radius 2 is 2.03 bits per heavy atom. The quantitative estimate of drug-likeness (QED) is 0.376. The van der Waals surface area contributed by atoms with Crippen molar-refractivity contribution in [3.05, 3.63) is 72.5 Å². The van der Waals surface area contributed by atoms with E-state index >= 15 is 0 Å². The van der Waals surface area contributed by atoms with Gasteiger partial charge in [-0.25, -0.2) is 4.98 Å². The highest BCUT2D eigenvalue weighted by Gasteiger charge is 2.18. The fourth-order valence-corrected chi connectivity index (χ4v) is 4.36. The number of carbonyl (C=O) groups excluding carboxylic acids is 1. The average molecular weight is 460 g/mol. The number of furan rings is 1. The number of carbonyl (C=O) groups is 1. The molecule has 5 rings (SSSR count). The van der Waals surface area contributed by atoms with Crippen molar-refractivity contribution in [2.24, 2.45) is 0 Å². The molecule has 4 aromatic heterocycles. The van der Waals surface area contributed by atoms with Gasteiger partial charge in [0.15, 0.2) is 0 Å². The first-order chi connectivity index (χ1) is 15.9. The number of amides is 1. The maximum atomic E-state index is 13.1. The standard InChI is InChI=1S/C24H21N5O3S/c1-24(2,31)14-29-11-17-9-20(18(10-19(17)28-29)16-5-8-32-12-16)26-22(30)21-13-33-23(27-21)15-3-6-25-7-4-15/h3-13,31H,14H2,1-2H3,(H,26,30). The zero-order valence-electron chi connectivity index (χ0n) is 18.0. The van der Waals surface area contributed by atoms with Crippen molar-refractivity contribution in [1.29, 1.82) is 0 Å². The van der Waals surface area contributed by atoms with Crippen LogP contribution in [0.2, 0.25) is 0 Å². The second-order valence-corrected chi connectivity index (χ2v) is 9.19. The molecule has 9 heteroatoms. The van der Waals surface area contributed by atoms with E-state index in [1.54, 1.807) is 48.8 Å². The summed E-state index contributed by atoms with van der Waals surface area (Å²) >= 11 is 1.40. The van der Waals surface area contributed by atoms with Gasteiger partial charge < -0.3 is 14.8 Å². The third-order valence-corrected chi connectivity index (χ3v) is 5.88. The van der Waals surface area contributed by atoms with Crippen molar-refractivity contribution in [3.63, 3.8) is 0 Å². The van der Waals surface area contributed by atoms with Gasteiger partial charge in [-0.3, -0.25) is 14.5 Å². The van der Waals surface area contributed by atoms with Gasteiger partial charge in [0, 0.05) is 51.7 Å². The monoisotopic (exact) mass is 459 g/mol. The molecule has 8 nitrogen and oxygen atoms in total. The summed E-state index contributed by atoms with van der Waals surface area (Å²) in [5, 5.41) is 21.1. The van der Waals surface area contributed by atoms with E-state index in [4.69, 9.17) is 4.42 Å². The average Bonchev–Trinajstić information content (AvgIpc) is 3.53. The number of benzene rings is 1. The van der Waals surface area contributed by atoms with Crippen LogP contribution in [0.4, 0.5) is 5.69 Å². The summed E-state index contributed by atoms with van der Waals surface area (Å²) in [5.74, 6) is -0.306. The number of fused-ring (bicyclic) bond motifs is 1. The molecule has 2 N–H and O–H groups in total. The zero-order chi connectivity index (χ0) is 23.0. The smallest absolute Gasteiger partial charge is 0.275 e. The van der Waals surface area contributed by atoms with E-state index in [2.05, 4.69) is 20.4 Å². The van der Waals surface area contributed by atoms with Crippen molar-refractivity contribution in [1.82, 2.24) is 19.7 Å². The van der Waals surface area contributed by atoms with Crippen LogP contribution >= 0.6 is 11.3 Å². The SMILES string of the molecule is CC(C)(O)Cn1cc2cc(NC(=O)c3csc(-c4ccncc4)n3)c(-c3ccoc3)cc2n1. The molecule has 0 aliphatic rings. The highest BCUT2D eigenvalue weighted by atomic mass is 32.1. The van der Waals surface area contributed by atoms with Crippen LogP contribution in [0.25, 0.3) is 32.6 Å². The molecule has 0 saturated heterocycles. The maximum absolute atomic E-state index is 13.1. The van der Waals surface area contributed by atoms with E-state index in [1.807, 2.05) is 36.5 Å². The van der Waals surface area contributed by atoms with E-state index in [-0.39, 0.29) is 5.91 Å². The Kier molecular flexibility index (Phi) is 5.27. The van der Waals surface area contributed by atoms with Crippen LogP contribution in [-0.4, -0.2) is 36.4 Å². The molecule has 166 valence electrons. The summed E-state index contributed by atoms with van der Waals surface area (Å²) in [6, 6.07) is 9.32. The van der Waals surface area contributed by atoms with Gasteiger partial charge in [-0.15, -0.1) is 11.3 Å². The molecule has 33 heavy (non-hydrogen) atoms. The number of thiazole rings is 1. The fraction of sp³-hybridized carbons (Fsp3) is 0.167. The molecule has 0 radical (unpaired) electrons. The van der Waals surface area contributed by atoms with Crippen molar-refractivity contribution < 1.29 is 14.3 Å². The normalized spacial score (nSPS) is 11.7. The molecule has 0 unspecified atom stereocenters. The van der Waals surface area contributed by atoms with Crippen molar-refractivity contribution in [2.75, 3.05) is 5.32 Å². The minimum absolute atomic E-state index is 0.306. The van der Waals surface area contributed by atoms with E-state index in [0.29, 0.717) is 17.9 Å². The lowest BCUT2D eigenvalue weighted by atomic mass is 10.0. The number of rotatable bonds is 6. The Hall–Kier alpha value is -3.82. The predicted molar refractivity (Wildman–Crippen MR) is 127 cm³/mol. The highest BCUT2D eigenvalue weighted by molar-refractivity contribution is 7.13. The van der Waals surface area contributed by atoms with Gasteiger partial charge in [-0.2, -0.15) is 5.10 Å². The summed E-state index contributed by atoms with van der Waals surface area (Å²) in [6.07, 6.45) is 8.45. The van der Waals surface area contributed by atoms with E-state index in [0.717, 1.165) is 32.6 Å². The summed E-state index contributed by atoms with van der Waals surface area (Å²) < 4.78 is 6.97. The Labute approximate surface area is 193 Å². The highest BCUT2D eigenvalue weighted by Crippen LogP contribution is 2.33. The molecule has 0 spiro atoms. The molecular weight excluding hydrogens is 438 g/mol. The first kappa shape index (κ1) is 21.0. The van der Waals surface area contributed by atoms with Gasteiger partial charge in [-0.1, -0.05) is 0 Å². The van der Waals surface area contributed by atoms with Crippen LogP contribution in [0.5, 0.6) is 0 Å². The van der Waals surface area contributed by atoms with Crippen LogP contribution < -0.4 is 5.32 Å². The first-order valence-electron chi connectivity index (χ1n) is 10.3. The van der Waals surface area contributed by atoms with Crippen molar-refractivity contribution in [2.45, 2.75) is 26.0 Å². The van der Waals surface area contributed by atoms with Gasteiger partial charge in [0.1, 0.15) is 10.7 Å². The van der Waals surface area contributed by atoms with Crippen LogP contribution in [0, 0.1) is 0 Å². The van der Waals surface area contributed by atoms with E-state index in [1.165, 1.54) is 11.3 Å². The molecule has 0 atom stereocenters. The largest absolute Gasteiger partial charge is 0.472 e. The molecule has 0 fully saturated rings. The van der Waals surface area contributed by atoms with Gasteiger partial charge >= 0.3 is 0 Å². The lowest BCUT2D eigenvalue weighted by Gasteiger charge is -2.16. The van der Waals surface area contributed by atoms with E-state index in [9.17, 15) is 9.90 Å². The van der Waals surface area contributed by atoms with Crippen molar-refractivity contribution in [3.8, 4) is 21.7 Å². The molecule has 0 bridgehead atoms. The molecule has 0 aliphatic carbocycles. The number of anilines is 1. The third-order valence-electron chi connectivity index (χ3n) is 4.98. The second-order valence-electron chi connectivity index (χ2n) is 8.34. The minimum Gasteiger partial charge on any atom is -0.472 e. The number of aliphatic hydroxyl groups is 1. The van der Waals surface area contributed by atoms with Crippen LogP contribution in [0.15, 0.2) is 71.2 Å². The van der Waals surface area contributed by atoms with Crippen LogP contribution in [-0.2, 0) is 6.54 Å². The topological polar surface area (TPSA) is 106 Å². The summed E-state index contributed by atoms with van der Waals surface area (Å²) in [5.41, 5.74) is 3.32. The van der Waals surface area contributed by atoms with Gasteiger partial charge in [-0.05, 0) is 44.2 Å². The fourth-order valence-electron chi connectivity index (χ4n) is 3.55. The Bertz CT molecular complexity index is 1420. The molecule has 0 saturated carbocycles. The number of hydrogen-bond donors (Lipinski definition) is 2. The molecule has 0 aliphatic heterocycles. The minimum atomic E-state index is -0.899. The molecule has 1 aromatic carbocycles. The van der Waals surface area contributed by atoms with Crippen LogP contribution in [0.3, 0.4) is 0 Å². The third kappa shape index (κ3) is 4.55. The maximum Gasteiger partial charge on any atom is 0.275 e. The molecule has 1 amide bonds. The summed E-state index contributed by atoms with van der Waals surface area (Å²) in [6.45, 7) is 3.81. The number of nitrogens with one attached hydrogen (secondary N) is 1. The van der Waals surface area contributed by atoms with Crippen LogP contribution in [0.1, 0.15) is 24.3 Å². The molecular formula is C24H21N5O3S. The lowest BCUT2D eigenvalue weighted by Crippen LogP contribution is -2.26. The summed E-state index contributed by atoms with van der Waals surface area (Å²) in [4.78, 5) is 21.6. The Balaban J connectivity index is 1.49. The number of aromatic nitrogens is 4. The lowest BCUT2D eigenvalue weighted by molar-refractivity contribution is 0.0580. The number of hydrogen-bond acceptors (Lipinski definition) is 7.